The number of halogens is 2. The lowest BCUT2D eigenvalue weighted by molar-refractivity contribution is 0.0948. The predicted molar refractivity (Wildman–Crippen MR) is 100 cm³/mol. The average Bonchev–Trinajstić information content (AvgIpc) is 2.60. The Balaban J connectivity index is 1.89. The van der Waals surface area contributed by atoms with E-state index in [4.69, 9.17) is 0 Å². The summed E-state index contributed by atoms with van der Waals surface area (Å²) in [6.07, 6.45) is 2.39. The number of rotatable bonds is 3. The number of aromatic nitrogens is 1. The molecule has 3 rings (SSSR count). The molecule has 27 heavy (non-hydrogen) atoms. The van der Waals surface area contributed by atoms with E-state index in [2.05, 4.69) is 25.7 Å². The van der Waals surface area contributed by atoms with Crippen molar-refractivity contribution < 1.29 is 13.6 Å². The Bertz CT molecular complexity index is 1010. The Morgan fingerprint density at radius 2 is 2.04 bits per heavy atom. The highest BCUT2D eigenvalue weighted by atomic mass is 19.1. The van der Waals surface area contributed by atoms with Crippen molar-refractivity contribution in [1.29, 1.82) is 0 Å². The van der Waals surface area contributed by atoms with E-state index >= 15 is 0 Å². The first kappa shape index (κ1) is 19.0. The van der Waals surface area contributed by atoms with Crippen LogP contribution in [-0.4, -0.2) is 10.5 Å². The lowest BCUT2D eigenvalue weighted by Crippen LogP contribution is -2.34. The van der Waals surface area contributed by atoms with Gasteiger partial charge in [0.25, 0.3) is 5.91 Å². The molecule has 0 saturated carbocycles. The number of fused-ring (bicyclic) bond motifs is 1. The largest absolute Gasteiger partial charge is 0.348 e. The van der Waals surface area contributed by atoms with Crippen molar-refractivity contribution in [3.63, 3.8) is 0 Å². The average molecular weight is 372 g/mol. The van der Waals surface area contributed by atoms with Gasteiger partial charge in [-0.3, -0.25) is 9.59 Å². The molecule has 0 aliphatic carbocycles. The fourth-order valence-corrected chi connectivity index (χ4v) is 3.35. The van der Waals surface area contributed by atoms with Gasteiger partial charge in [0.2, 0.25) is 0 Å². The van der Waals surface area contributed by atoms with Crippen molar-refractivity contribution in [3.05, 3.63) is 75.2 Å². The van der Waals surface area contributed by atoms with Crippen LogP contribution in [-0.2, 0) is 13.1 Å². The highest BCUT2D eigenvalue weighted by Crippen LogP contribution is 2.41. The number of pyridine rings is 1. The van der Waals surface area contributed by atoms with Crippen molar-refractivity contribution in [2.45, 2.75) is 40.3 Å². The van der Waals surface area contributed by atoms with Gasteiger partial charge in [0.05, 0.1) is 5.69 Å². The first-order valence-electron chi connectivity index (χ1n) is 8.78. The Labute approximate surface area is 156 Å². The van der Waals surface area contributed by atoms with Gasteiger partial charge in [-0.1, -0.05) is 26.5 Å². The molecule has 0 bridgehead atoms. The zero-order valence-electron chi connectivity index (χ0n) is 15.7. The minimum absolute atomic E-state index is 0.00581. The lowest BCUT2D eigenvalue weighted by atomic mass is 9.76. The molecule has 0 unspecified atom stereocenters. The fourth-order valence-electron chi connectivity index (χ4n) is 3.35. The van der Waals surface area contributed by atoms with E-state index in [-0.39, 0.29) is 28.5 Å². The molecule has 1 aromatic carbocycles. The first-order chi connectivity index (χ1) is 12.6. The highest BCUT2D eigenvalue weighted by Gasteiger charge is 2.31. The predicted octanol–water partition coefficient (Wildman–Crippen LogP) is 3.81. The maximum absolute atomic E-state index is 13.7. The standard InChI is InChI=1S/C21H22F2N2O2/c1-12-18-13(2)21(3,4)7-8-25(18)11-16(19(12)26)20(27)24-10-14-5-6-15(22)9-17(14)23/h5-6,9,11H,2,7-8,10H2,1,3-4H3,(H,24,27). The van der Waals surface area contributed by atoms with Crippen molar-refractivity contribution in [3.8, 4) is 0 Å². The minimum atomic E-state index is -0.743. The molecule has 1 aliphatic rings. The molecule has 0 saturated heterocycles. The molecule has 1 N–H and O–H groups in total. The molecule has 142 valence electrons. The van der Waals surface area contributed by atoms with Crippen LogP contribution in [0.25, 0.3) is 5.57 Å². The van der Waals surface area contributed by atoms with Crippen LogP contribution in [0.5, 0.6) is 0 Å². The van der Waals surface area contributed by atoms with Crippen molar-refractivity contribution >= 4 is 11.5 Å². The van der Waals surface area contributed by atoms with Gasteiger partial charge in [-0.05, 0) is 30.4 Å². The van der Waals surface area contributed by atoms with E-state index in [0.29, 0.717) is 12.1 Å². The van der Waals surface area contributed by atoms with Gasteiger partial charge in [-0.25, -0.2) is 8.78 Å². The fraction of sp³-hybridized carbons (Fsp3) is 0.333. The second kappa shape index (κ2) is 6.76. The summed E-state index contributed by atoms with van der Waals surface area (Å²) in [6.45, 7) is 10.5. The van der Waals surface area contributed by atoms with Gasteiger partial charge in [0, 0.05) is 36.5 Å². The van der Waals surface area contributed by atoms with Gasteiger partial charge in [0.15, 0.2) is 5.43 Å². The molecule has 1 aromatic heterocycles. The number of benzene rings is 1. The van der Waals surface area contributed by atoms with Crippen LogP contribution in [0, 0.1) is 24.0 Å². The Kier molecular flexibility index (Phi) is 4.76. The summed E-state index contributed by atoms with van der Waals surface area (Å²) >= 11 is 0. The molecule has 0 fully saturated rings. The number of aryl methyl sites for hydroxylation is 1. The minimum Gasteiger partial charge on any atom is -0.348 e. The third kappa shape index (κ3) is 3.44. The number of hydrogen-bond acceptors (Lipinski definition) is 2. The van der Waals surface area contributed by atoms with Crippen LogP contribution < -0.4 is 10.7 Å². The molecular formula is C21H22F2N2O2. The second-order valence-electron chi connectivity index (χ2n) is 7.57. The second-order valence-corrected chi connectivity index (χ2v) is 7.57. The monoisotopic (exact) mass is 372 g/mol. The first-order valence-corrected chi connectivity index (χ1v) is 8.78. The number of nitrogens with zero attached hydrogens (tertiary/aromatic N) is 1. The zero-order valence-corrected chi connectivity index (χ0v) is 15.7. The van der Waals surface area contributed by atoms with Crippen molar-refractivity contribution in [2.24, 2.45) is 5.41 Å². The summed E-state index contributed by atoms with van der Waals surface area (Å²) in [4.78, 5) is 25.2. The quantitative estimate of drug-likeness (QED) is 0.891. The number of allylic oxidation sites excluding steroid dienone is 1. The third-order valence-corrected chi connectivity index (χ3v) is 5.29. The van der Waals surface area contributed by atoms with Gasteiger partial charge in [-0.2, -0.15) is 0 Å². The van der Waals surface area contributed by atoms with Crippen molar-refractivity contribution in [1.82, 2.24) is 9.88 Å². The van der Waals surface area contributed by atoms with Gasteiger partial charge in [0.1, 0.15) is 17.2 Å². The molecule has 2 heterocycles. The van der Waals surface area contributed by atoms with Crippen LogP contribution in [0.2, 0.25) is 0 Å². The molecule has 0 spiro atoms. The number of nitrogens with one attached hydrogen (secondary N) is 1. The molecule has 1 amide bonds. The van der Waals surface area contributed by atoms with E-state index in [1.807, 2.05) is 4.57 Å². The van der Waals surface area contributed by atoms with Gasteiger partial charge >= 0.3 is 0 Å². The van der Waals surface area contributed by atoms with Crippen LogP contribution in [0.4, 0.5) is 8.78 Å². The van der Waals surface area contributed by atoms with Crippen molar-refractivity contribution in [2.75, 3.05) is 0 Å². The lowest BCUT2D eigenvalue weighted by Gasteiger charge is -2.36. The summed E-state index contributed by atoms with van der Waals surface area (Å²) in [5.41, 5.74) is 1.81. The number of carbonyl (C=O) groups is 1. The number of carbonyl (C=O) groups excluding carboxylic acids is 1. The smallest absolute Gasteiger partial charge is 0.257 e. The summed E-state index contributed by atoms with van der Waals surface area (Å²) in [6, 6.07) is 3.14. The normalized spacial score (nSPS) is 15.4. The molecule has 4 nitrogen and oxygen atoms in total. The number of amides is 1. The van der Waals surface area contributed by atoms with Gasteiger partial charge < -0.3 is 9.88 Å². The molecule has 2 aromatic rings. The maximum atomic E-state index is 13.7. The van der Waals surface area contributed by atoms with E-state index < -0.39 is 17.5 Å². The van der Waals surface area contributed by atoms with Crippen LogP contribution in [0.3, 0.4) is 0 Å². The number of hydrogen-bond donors (Lipinski definition) is 1. The van der Waals surface area contributed by atoms with E-state index in [1.165, 1.54) is 6.07 Å². The van der Waals surface area contributed by atoms with Crippen LogP contribution in [0.1, 0.15) is 47.4 Å². The Morgan fingerprint density at radius 3 is 2.70 bits per heavy atom. The van der Waals surface area contributed by atoms with Gasteiger partial charge in [-0.15, -0.1) is 0 Å². The Hall–Kier alpha value is -2.76. The SMILES string of the molecule is C=C1c2c(C)c(=O)c(C(=O)NCc3ccc(F)cc3F)cn2CCC1(C)C. The van der Waals surface area contributed by atoms with Crippen LogP contribution in [0.15, 0.2) is 35.8 Å². The molecule has 6 heteroatoms. The summed E-state index contributed by atoms with van der Waals surface area (Å²) in [5.74, 6) is -2.01. The zero-order chi connectivity index (χ0) is 19.9. The molecular weight excluding hydrogens is 350 g/mol. The molecule has 0 atom stereocenters. The topological polar surface area (TPSA) is 51.1 Å². The summed E-state index contributed by atoms with van der Waals surface area (Å²) in [5, 5.41) is 2.54. The molecule has 0 radical (unpaired) electrons. The van der Waals surface area contributed by atoms with Crippen LogP contribution >= 0.6 is 0 Å². The highest BCUT2D eigenvalue weighted by molar-refractivity contribution is 5.94. The summed E-state index contributed by atoms with van der Waals surface area (Å²) in [7, 11) is 0. The van der Waals surface area contributed by atoms with E-state index in [9.17, 15) is 18.4 Å². The summed E-state index contributed by atoms with van der Waals surface area (Å²) < 4.78 is 28.6. The third-order valence-electron chi connectivity index (χ3n) is 5.29. The maximum Gasteiger partial charge on any atom is 0.257 e. The van der Waals surface area contributed by atoms with E-state index in [1.54, 1.807) is 13.1 Å². The van der Waals surface area contributed by atoms with E-state index in [0.717, 1.165) is 29.8 Å². The molecule has 1 aliphatic heterocycles. The Morgan fingerprint density at radius 1 is 1.33 bits per heavy atom.